The molecule has 0 unspecified atom stereocenters. The molecule has 0 radical (unpaired) electrons. The maximum absolute atomic E-state index is 14.8. The number of nitrogens with zero attached hydrogens (tertiary/aromatic N) is 2. The maximum atomic E-state index is 14.8. The lowest BCUT2D eigenvalue weighted by atomic mass is 9.96. The molecule has 3 nitrogen and oxygen atoms in total. The summed E-state index contributed by atoms with van der Waals surface area (Å²) in [5, 5.41) is 13.4. The molecule has 6 aromatic rings. The van der Waals surface area contributed by atoms with Gasteiger partial charge in [0, 0.05) is 28.4 Å². The van der Waals surface area contributed by atoms with Gasteiger partial charge in [-0.05, 0) is 47.0 Å². The number of hydrogen-bond acceptors (Lipinski definition) is 2. The van der Waals surface area contributed by atoms with Crippen LogP contribution in [0.1, 0.15) is 15.2 Å². The predicted molar refractivity (Wildman–Crippen MR) is 133 cm³/mol. The molecule has 0 saturated carbocycles. The van der Waals surface area contributed by atoms with E-state index in [-0.39, 0.29) is 11.9 Å². The van der Waals surface area contributed by atoms with Crippen LogP contribution in [0, 0.1) is 24.1 Å². The Morgan fingerprint density at radius 1 is 0.971 bits per heavy atom. The van der Waals surface area contributed by atoms with E-state index in [1.165, 1.54) is 4.57 Å². The molecule has 0 amide bonds. The minimum absolute atomic E-state index is 0.161. The molecule has 0 aliphatic rings. The second-order valence-electron chi connectivity index (χ2n) is 8.39. The smallest absolute Gasteiger partial charge is 0.219 e. The van der Waals surface area contributed by atoms with Gasteiger partial charge in [-0.2, -0.15) is 5.26 Å². The number of aryl methyl sites for hydroxylation is 1. The van der Waals surface area contributed by atoms with Gasteiger partial charge in [0.15, 0.2) is 6.17 Å². The zero-order valence-corrected chi connectivity index (χ0v) is 18.5. The lowest BCUT2D eigenvalue weighted by Gasteiger charge is -2.06. The van der Waals surface area contributed by atoms with Crippen LogP contribution in [0.5, 0.6) is 0 Å². The summed E-state index contributed by atoms with van der Waals surface area (Å²) in [5.74, 6) is -1.05. The van der Waals surface area contributed by atoms with Gasteiger partial charge in [-0.25, -0.2) is 8.96 Å². The second-order valence-corrected chi connectivity index (χ2v) is 8.39. The number of halogens is 1. The summed E-state index contributed by atoms with van der Waals surface area (Å²) in [6.45, 7) is 1.84. The predicted octanol–water partition coefficient (Wildman–Crippen LogP) is 7.22. The average molecular weight is 447 g/mol. The zero-order chi connectivity index (χ0) is 26.0. The van der Waals surface area contributed by atoms with Gasteiger partial charge in [-0.1, -0.05) is 48.5 Å². The molecule has 2 aromatic heterocycles. The number of fused-ring (bicyclic) bond motifs is 4. The van der Waals surface area contributed by atoms with Crippen molar-refractivity contribution in [3.8, 4) is 28.5 Å². The van der Waals surface area contributed by atoms with Crippen molar-refractivity contribution in [1.29, 1.82) is 5.26 Å². The first-order valence-corrected chi connectivity index (χ1v) is 10.8. The summed E-state index contributed by atoms with van der Waals surface area (Å²) >= 11 is 0. The van der Waals surface area contributed by atoms with Crippen molar-refractivity contribution < 1.29 is 17.5 Å². The molecule has 0 spiro atoms. The highest BCUT2D eigenvalue weighted by atomic mass is 19.1. The first kappa shape index (κ1) is 17.0. The molecule has 34 heavy (non-hydrogen) atoms. The van der Waals surface area contributed by atoms with E-state index in [1.54, 1.807) is 19.2 Å². The lowest BCUT2D eigenvalue weighted by Crippen LogP contribution is -2.30. The quantitative estimate of drug-likeness (QED) is 0.264. The standard InChI is InChI=1S/C30H20FN2O/c1-18-7-10-24-26-14-19(17-32)13-25(22-9-8-20-5-3-4-6-21(20)15-22)29(26)34-30(24)28(18)27-16-23(31)11-12-33(27)2/h3-16H,1-2H3/q+1/i11D,12D,16D. The van der Waals surface area contributed by atoms with Crippen LogP contribution in [0.15, 0.2) is 89.4 Å². The van der Waals surface area contributed by atoms with Crippen molar-refractivity contribution in [2.75, 3.05) is 0 Å². The summed E-state index contributed by atoms with van der Waals surface area (Å²) in [5.41, 5.74) is 4.52. The van der Waals surface area contributed by atoms with E-state index < -0.39 is 17.9 Å². The highest BCUT2D eigenvalue weighted by molar-refractivity contribution is 6.14. The van der Waals surface area contributed by atoms with Gasteiger partial charge in [0.1, 0.15) is 25.4 Å². The maximum Gasteiger partial charge on any atom is 0.219 e. The molecule has 0 N–H and O–H groups in total. The monoisotopic (exact) mass is 446 g/mol. The van der Waals surface area contributed by atoms with Gasteiger partial charge in [-0.15, -0.1) is 0 Å². The molecule has 162 valence electrons. The molecule has 0 fully saturated rings. The van der Waals surface area contributed by atoms with Crippen LogP contribution in [-0.4, -0.2) is 0 Å². The molecule has 0 bridgehead atoms. The van der Waals surface area contributed by atoms with Crippen molar-refractivity contribution >= 4 is 32.7 Å². The number of furan rings is 1. The summed E-state index contributed by atoms with van der Waals surface area (Å²) < 4.78 is 47.1. The number of hydrogen-bond donors (Lipinski definition) is 0. The minimum atomic E-state index is -1.05. The van der Waals surface area contributed by atoms with Crippen LogP contribution in [-0.2, 0) is 7.05 Å². The fraction of sp³-hybridized carbons (Fsp3) is 0.0667. The number of rotatable bonds is 2. The van der Waals surface area contributed by atoms with Crippen molar-refractivity contribution in [1.82, 2.24) is 0 Å². The van der Waals surface area contributed by atoms with Crippen LogP contribution >= 0.6 is 0 Å². The van der Waals surface area contributed by atoms with Crippen molar-refractivity contribution in [2.24, 2.45) is 7.05 Å². The molecule has 0 aliphatic heterocycles. The summed E-state index contributed by atoms with van der Waals surface area (Å²) in [7, 11) is 1.54. The van der Waals surface area contributed by atoms with E-state index >= 15 is 0 Å². The number of nitriles is 1. The van der Waals surface area contributed by atoms with Gasteiger partial charge in [0.25, 0.3) is 0 Å². The first-order chi connectivity index (χ1) is 17.8. The van der Waals surface area contributed by atoms with Crippen LogP contribution in [0.4, 0.5) is 4.39 Å². The average Bonchev–Trinajstić information content (AvgIpc) is 3.29. The van der Waals surface area contributed by atoms with Gasteiger partial charge < -0.3 is 4.42 Å². The molecule has 6 rings (SSSR count). The SMILES string of the molecule is [2H]c1c(F)c([2H])c(-c2c(C)ccc3c2oc2c(-c4ccc5ccccc5c4)cc(C#N)cc23)[n+](C)c1[2H]. The van der Waals surface area contributed by atoms with Crippen molar-refractivity contribution in [2.45, 2.75) is 6.92 Å². The van der Waals surface area contributed by atoms with Crippen LogP contribution < -0.4 is 4.57 Å². The Morgan fingerprint density at radius 3 is 2.62 bits per heavy atom. The Hall–Kier alpha value is -4.49. The van der Waals surface area contributed by atoms with Crippen LogP contribution in [0.2, 0.25) is 0 Å². The second kappa shape index (κ2) is 7.54. The van der Waals surface area contributed by atoms with E-state index in [1.807, 2.05) is 55.5 Å². The Kier molecular flexibility index (Phi) is 3.78. The van der Waals surface area contributed by atoms with E-state index in [0.29, 0.717) is 22.3 Å². The Bertz CT molecular complexity index is 1940. The Labute approximate surface area is 200 Å². The summed E-state index contributed by atoms with van der Waals surface area (Å²) in [6, 6.07) is 22.6. The third-order valence-electron chi connectivity index (χ3n) is 6.27. The van der Waals surface area contributed by atoms with Gasteiger partial charge in [0.2, 0.25) is 5.69 Å². The van der Waals surface area contributed by atoms with E-state index in [4.69, 9.17) is 8.53 Å². The van der Waals surface area contributed by atoms with Gasteiger partial charge in [-0.3, -0.25) is 0 Å². The van der Waals surface area contributed by atoms with Crippen molar-refractivity contribution in [3.05, 3.63) is 102 Å². The molecular weight excluding hydrogens is 423 g/mol. The summed E-state index contributed by atoms with van der Waals surface area (Å²) in [4.78, 5) is 0. The Balaban J connectivity index is 1.73. The third kappa shape index (κ3) is 3.06. The molecule has 0 saturated heterocycles. The highest BCUT2D eigenvalue weighted by Gasteiger charge is 2.23. The third-order valence-corrected chi connectivity index (χ3v) is 6.27. The number of benzene rings is 4. The fourth-order valence-corrected chi connectivity index (χ4v) is 4.61. The van der Waals surface area contributed by atoms with Crippen LogP contribution in [0.25, 0.3) is 55.1 Å². The number of aromatic nitrogens is 1. The molecule has 4 heteroatoms. The molecular formula is C30H20FN2O+. The normalized spacial score (nSPS) is 12.6. The van der Waals surface area contributed by atoms with Gasteiger partial charge in [0.05, 0.1) is 19.9 Å². The molecule has 0 aliphatic carbocycles. The highest BCUT2D eigenvalue weighted by Crippen LogP contribution is 2.41. The van der Waals surface area contributed by atoms with Crippen molar-refractivity contribution in [3.63, 3.8) is 0 Å². The number of pyridine rings is 1. The fourth-order valence-electron chi connectivity index (χ4n) is 4.61. The zero-order valence-electron chi connectivity index (χ0n) is 21.5. The topological polar surface area (TPSA) is 40.8 Å². The van der Waals surface area contributed by atoms with E-state index in [2.05, 4.69) is 12.1 Å². The molecule has 4 aromatic carbocycles. The Morgan fingerprint density at radius 2 is 1.79 bits per heavy atom. The molecule has 2 heterocycles. The van der Waals surface area contributed by atoms with E-state index in [9.17, 15) is 9.65 Å². The minimum Gasteiger partial charge on any atom is -0.454 e. The summed E-state index contributed by atoms with van der Waals surface area (Å²) in [6.07, 6.45) is -0.334. The molecule has 0 atom stereocenters. The van der Waals surface area contributed by atoms with Gasteiger partial charge >= 0.3 is 0 Å². The largest absolute Gasteiger partial charge is 0.454 e. The first-order valence-electron chi connectivity index (χ1n) is 12.3. The van der Waals surface area contributed by atoms with E-state index in [0.717, 1.165) is 38.2 Å². The lowest BCUT2D eigenvalue weighted by molar-refractivity contribution is -0.660. The van der Waals surface area contributed by atoms with Crippen LogP contribution in [0.3, 0.4) is 0 Å².